The van der Waals surface area contributed by atoms with Crippen LogP contribution in [0.2, 0.25) is 0 Å². The SMILES string of the molecule is O=C(CI)c1cccc(-c2ccccc2)c1. The second kappa shape index (κ2) is 5.25. The monoisotopic (exact) mass is 322 g/mol. The van der Waals surface area contributed by atoms with Crippen molar-refractivity contribution >= 4 is 28.4 Å². The van der Waals surface area contributed by atoms with Crippen LogP contribution >= 0.6 is 22.6 Å². The van der Waals surface area contributed by atoms with Crippen LogP contribution in [-0.4, -0.2) is 10.2 Å². The molecule has 0 fully saturated rings. The Kier molecular flexibility index (Phi) is 3.72. The number of hydrogen-bond donors (Lipinski definition) is 0. The van der Waals surface area contributed by atoms with Crippen LogP contribution in [0.3, 0.4) is 0 Å². The van der Waals surface area contributed by atoms with Crippen LogP contribution in [0.25, 0.3) is 11.1 Å². The van der Waals surface area contributed by atoms with E-state index in [9.17, 15) is 4.79 Å². The van der Waals surface area contributed by atoms with Crippen LogP contribution in [0, 0.1) is 0 Å². The maximum atomic E-state index is 11.6. The Morgan fingerprint density at radius 3 is 2.31 bits per heavy atom. The lowest BCUT2D eigenvalue weighted by Gasteiger charge is -2.03. The fourth-order valence-corrected chi connectivity index (χ4v) is 2.02. The predicted octanol–water partition coefficient (Wildman–Crippen LogP) is 3.97. The minimum atomic E-state index is 0.179. The summed E-state index contributed by atoms with van der Waals surface area (Å²) in [5, 5.41) is 0. The van der Waals surface area contributed by atoms with Gasteiger partial charge in [-0.3, -0.25) is 4.79 Å². The van der Waals surface area contributed by atoms with Gasteiger partial charge in [0.15, 0.2) is 5.78 Å². The van der Waals surface area contributed by atoms with E-state index in [0.717, 1.165) is 16.7 Å². The molecule has 1 nitrogen and oxygen atoms in total. The highest BCUT2D eigenvalue weighted by Crippen LogP contribution is 2.20. The summed E-state index contributed by atoms with van der Waals surface area (Å²) in [6, 6.07) is 17.9. The molecule has 80 valence electrons. The topological polar surface area (TPSA) is 17.1 Å². The number of Topliss-reactive ketones (excluding diaryl/α,β-unsaturated/α-hetero) is 1. The first-order chi connectivity index (χ1) is 7.81. The molecule has 0 unspecified atom stereocenters. The largest absolute Gasteiger partial charge is 0.293 e. The van der Waals surface area contributed by atoms with E-state index >= 15 is 0 Å². The second-order valence-electron chi connectivity index (χ2n) is 3.50. The molecule has 0 bridgehead atoms. The molecule has 2 heteroatoms. The molecule has 0 heterocycles. The molecular formula is C14H11IO. The first-order valence-corrected chi connectivity index (χ1v) is 6.58. The highest BCUT2D eigenvalue weighted by atomic mass is 127. The molecule has 0 atom stereocenters. The number of hydrogen-bond acceptors (Lipinski definition) is 1. The van der Waals surface area contributed by atoms with E-state index in [1.807, 2.05) is 54.6 Å². The molecule has 0 amide bonds. The summed E-state index contributed by atoms with van der Waals surface area (Å²) >= 11 is 2.09. The van der Waals surface area contributed by atoms with Gasteiger partial charge in [0.25, 0.3) is 0 Å². The third-order valence-corrected chi connectivity index (χ3v) is 3.11. The number of rotatable bonds is 3. The van der Waals surface area contributed by atoms with Crippen molar-refractivity contribution in [3.8, 4) is 11.1 Å². The normalized spacial score (nSPS) is 10.1. The molecule has 16 heavy (non-hydrogen) atoms. The van der Waals surface area contributed by atoms with Crippen molar-refractivity contribution in [1.82, 2.24) is 0 Å². The maximum absolute atomic E-state index is 11.6. The van der Waals surface area contributed by atoms with Crippen molar-refractivity contribution in [1.29, 1.82) is 0 Å². The predicted molar refractivity (Wildman–Crippen MR) is 75.1 cm³/mol. The highest BCUT2D eigenvalue weighted by molar-refractivity contribution is 14.1. The third kappa shape index (κ3) is 2.50. The summed E-state index contributed by atoms with van der Waals surface area (Å²) in [6.45, 7) is 0. The molecule has 0 N–H and O–H groups in total. The fourth-order valence-electron chi connectivity index (χ4n) is 1.58. The van der Waals surface area contributed by atoms with Crippen molar-refractivity contribution in [2.45, 2.75) is 0 Å². The number of ketones is 1. The number of carbonyl (C=O) groups excluding carboxylic acids is 1. The van der Waals surface area contributed by atoms with E-state index in [-0.39, 0.29) is 5.78 Å². The lowest BCUT2D eigenvalue weighted by Crippen LogP contribution is -1.99. The second-order valence-corrected chi connectivity index (χ2v) is 4.27. The van der Waals surface area contributed by atoms with E-state index in [0.29, 0.717) is 4.43 Å². The summed E-state index contributed by atoms with van der Waals surface area (Å²) in [5.74, 6) is 0.179. The molecule has 0 aliphatic heterocycles. The molecule has 2 aromatic carbocycles. The molecule has 0 radical (unpaired) electrons. The molecule has 0 aliphatic carbocycles. The summed E-state index contributed by atoms with van der Waals surface area (Å²) < 4.78 is 0.524. The standard InChI is InChI=1S/C14H11IO/c15-10-14(16)13-8-4-7-12(9-13)11-5-2-1-3-6-11/h1-9H,10H2. The van der Waals surface area contributed by atoms with E-state index in [2.05, 4.69) is 22.6 Å². The van der Waals surface area contributed by atoms with Gasteiger partial charge in [-0.25, -0.2) is 0 Å². The van der Waals surface area contributed by atoms with Crippen LogP contribution in [0.5, 0.6) is 0 Å². The van der Waals surface area contributed by atoms with Gasteiger partial charge in [0, 0.05) is 5.56 Å². The molecule has 2 rings (SSSR count). The minimum Gasteiger partial charge on any atom is -0.293 e. The van der Waals surface area contributed by atoms with Gasteiger partial charge in [-0.2, -0.15) is 0 Å². The van der Waals surface area contributed by atoms with Crippen LogP contribution in [0.15, 0.2) is 54.6 Å². The minimum absolute atomic E-state index is 0.179. The van der Waals surface area contributed by atoms with Gasteiger partial charge in [-0.15, -0.1) is 0 Å². The third-order valence-electron chi connectivity index (χ3n) is 2.41. The maximum Gasteiger partial charge on any atom is 0.172 e. The van der Waals surface area contributed by atoms with Gasteiger partial charge in [0.2, 0.25) is 0 Å². The van der Waals surface area contributed by atoms with Crippen LogP contribution < -0.4 is 0 Å². The first kappa shape index (κ1) is 11.3. The number of halogens is 1. The molecule has 2 aromatic rings. The average molecular weight is 322 g/mol. The Balaban J connectivity index is 2.40. The number of benzene rings is 2. The van der Waals surface area contributed by atoms with Gasteiger partial charge in [0.1, 0.15) is 0 Å². The van der Waals surface area contributed by atoms with Crippen molar-refractivity contribution in [3.05, 3.63) is 60.2 Å². The smallest absolute Gasteiger partial charge is 0.172 e. The van der Waals surface area contributed by atoms with Gasteiger partial charge in [0.05, 0.1) is 4.43 Å². The lowest BCUT2D eigenvalue weighted by molar-refractivity contribution is 0.102. The van der Waals surface area contributed by atoms with Crippen molar-refractivity contribution in [2.75, 3.05) is 4.43 Å². The Morgan fingerprint density at radius 1 is 0.938 bits per heavy atom. The van der Waals surface area contributed by atoms with Gasteiger partial charge >= 0.3 is 0 Å². The van der Waals surface area contributed by atoms with Crippen molar-refractivity contribution in [3.63, 3.8) is 0 Å². The molecule has 0 saturated heterocycles. The summed E-state index contributed by atoms with van der Waals surface area (Å²) in [4.78, 5) is 11.6. The molecule has 0 spiro atoms. The van der Waals surface area contributed by atoms with E-state index in [1.54, 1.807) is 0 Å². The Bertz CT molecular complexity index is 491. The van der Waals surface area contributed by atoms with Gasteiger partial charge in [-0.1, -0.05) is 71.1 Å². The first-order valence-electron chi connectivity index (χ1n) is 5.06. The van der Waals surface area contributed by atoms with E-state index < -0.39 is 0 Å². The molecular weight excluding hydrogens is 311 g/mol. The van der Waals surface area contributed by atoms with Crippen LogP contribution in [0.4, 0.5) is 0 Å². The number of alkyl halides is 1. The van der Waals surface area contributed by atoms with E-state index in [1.165, 1.54) is 0 Å². The molecule has 0 aromatic heterocycles. The van der Waals surface area contributed by atoms with Gasteiger partial charge in [-0.05, 0) is 17.2 Å². The van der Waals surface area contributed by atoms with Crippen LogP contribution in [-0.2, 0) is 0 Å². The summed E-state index contributed by atoms with van der Waals surface area (Å²) in [7, 11) is 0. The zero-order chi connectivity index (χ0) is 11.4. The molecule has 0 aliphatic rings. The highest BCUT2D eigenvalue weighted by Gasteiger charge is 2.04. The Labute approximate surface area is 109 Å². The quantitative estimate of drug-likeness (QED) is 0.475. The Hall–Kier alpha value is -1.16. The van der Waals surface area contributed by atoms with Crippen molar-refractivity contribution in [2.24, 2.45) is 0 Å². The van der Waals surface area contributed by atoms with E-state index in [4.69, 9.17) is 0 Å². The zero-order valence-corrected chi connectivity index (χ0v) is 10.8. The Morgan fingerprint density at radius 2 is 1.62 bits per heavy atom. The number of carbonyl (C=O) groups is 1. The van der Waals surface area contributed by atoms with Crippen molar-refractivity contribution < 1.29 is 4.79 Å². The lowest BCUT2D eigenvalue weighted by atomic mass is 10.0. The molecule has 0 saturated carbocycles. The fraction of sp³-hybridized carbons (Fsp3) is 0.0714. The zero-order valence-electron chi connectivity index (χ0n) is 8.69. The average Bonchev–Trinajstić information content (AvgIpc) is 2.39. The summed E-state index contributed by atoms with van der Waals surface area (Å²) in [5.41, 5.74) is 3.03. The van der Waals surface area contributed by atoms with Crippen LogP contribution in [0.1, 0.15) is 10.4 Å². The summed E-state index contributed by atoms with van der Waals surface area (Å²) in [6.07, 6.45) is 0. The van der Waals surface area contributed by atoms with Gasteiger partial charge < -0.3 is 0 Å².